The number of carbonyl (C=O) groups is 1. The summed E-state index contributed by atoms with van der Waals surface area (Å²) in [6.45, 7) is 0. The molecule has 0 unspecified atom stereocenters. The Morgan fingerprint density at radius 2 is 2.10 bits per heavy atom. The van der Waals surface area contributed by atoms with Gasteiger partial charge in [0.2, 0.25) is 0 Å². The Hall–Kier alpha value is -3.16. The second kappa shape index (κ2) is 5.45. The number of carbonyl (C=O) groups excluding carboxylic acids is 1. The van der Waals surface area contributed by atoms with Gasteiger partial charge in [0, 0.05) is 6.20 Å². The molecule has 1 amide bonds. The highest BCUT2D eigenvalue weighted by Crippen LogP contribution is 2.12. The van der Waals surface area contributed by atoms with Crippen molar-refractivity contribution in [3.8, 4) is 5.82 Å². The number of amides is 1. The molecular formula is C13H9FN6O. The van der Waals surface area contributed by atoms with Crippen LogP contribution < -0.4 is 5.32 Å². The maximum atomic E-state index is 13.4. The zero-order valence-corrected chi connectivity index (χ0v) is 10.6. The van der Waals surface area contributed by atoms with E-state index in [-0.39, 0.29) is 5.56 Å². The van der Waals surface area contributed by atoms with Crippen molar-refractivity contribution < 1.29 is 9.18 Å². The van der Waals surface area contributed by atoms with Gasteiger partial charge in [0.1, 0.15) is 12.7 Å². The summed E-state index contributed by atoms with van der Waals surface area (Å²) in [4.78, 5) is 23.4. The summed E-state index contributed by atoms with van der Waals surface area (Å²) >= 11 is 0. The van der Waals surface area contributed by atoms with Gasteiger partial charge in [-0.15, -0.1) is 0 Å². The molecule has 0 aliphatic heterocycles. The number of pyridine rings is 2. The summed E-state index contributed by atoms with van der Waals surface area (Å²) in [6.07, 6.45) is 6.69. The fraction of sp³-hybridized carbons (Fsp3) is 0. The lowest BCUT2D eigenvalue weighted by atomic mass is 10.2. The Morgan fingerprint density at radius 1 is 1.19 bits per heavy atom. The molecule has 0 aromatic carbocycles. The smallest absolute Gasteiger partial charge is 0.258 e. The molecule has 0 aliphatic carbocycles. The van der Waals surface area contributed by atoms with Crippen LogP contribution in [0.4, 0.5) is 10.1 Å². The van der Waals surface area contributed by atoms with E-state index in [0.717, 1.165) is 6.20 Å². The van der Waals surface area contributed by atoms with Crippen molar-refractivity contribution in [2.24, 2.45) is 0 Å². The van der Waals surface area contributed by atoms with Crippen LogP contribution in [0.15, 0.2) is 49.4 Å². The van der Waals surface area contributed by atoms with Gasteiger partial charge in [-0.3, -0.25) is 9.78 Å². The first-order valence-electron chi connectivity index (χ1n) is 5.96. The minimum absolute atomic E-state index is 0.0784. The summed E-state index contributed by atoms with van der Waals surface area (Å²) in [5.74, 6) is -0.687. The second-order valence-corrected chi connectivity index (χ2v) is 4.05. The van der Waals surface area contributed by atoms with E-state index in [1.807, 2.05) is 0 Å². The number of nitrogens with one attached hydrogen (secondary N) is 1. The van der Waals surface area contributed by atoms with Crippen LogP contribution in [0, 0.1) is 5.82 Å². The summed E-state index contributed by atoms with van der Waals surface area (Å²) < 4.78 is 14.9. The van der Waals surface area contributed by atoms with Gasteiger partial charge in [-0.25, -0.2) is 19.0 Å². The fourth-order valence-electron chi connectivity index (χ4n) is 1.68. The monoisotopic (exact) mass is 284 g/mol. The first-order valence-corrected chi connectivity index (χ1v) is 5.96. The van der Waals surface area contributed by atoms with Crippen molar-refractivity contribution in [1.29, 1.82) is 0 Å². The van der Waals surface area contributed by atoms with Crippen LogP contribution in [0.25, 0.3) is 5.82 Å². The lowest BCUT2D eigenvalue weighted by Crippen LogP contribution is -2.14. The van der Waals surface area contributed by atoms with E-state index < -0.39 is 11.7 Å². The average Bonchev–Trinajstić information content (AvgIpc) is 3.02. The van der Waals surface area contributed by atoms with E-state index in [1.54, 1.807) is 12.1 Å². The van der Waals surface area contributed by atoms with E-state index in [4.69, 9.17) is 0 Å². The highest BCUT2D eigenvalue weighted by atomic mass is 19.1. The third kappa shape index (κ3) is 2.73. The second-order valence-electron chi connectivity index (χ2n) is 4.05. The number of rotatable bonds is 3. The molecule has 3 aromatic rings. The molecule has 0 radical (unpaired) electrons. The van der Waals surface area contributed by atoms with Gasteiger partial charge in [0.25, 0.3) is 5.91 Å². The van der Waals surface area contributed by atoms with Crippen molar-refractivity contribution in [2.75, 3.05) is 5.32 Å². The maximum Gasteiger partial charge on any atom is 0.258 e. The minimum atomic E-state index is -0.679. The number of halogens is 1. The topological polar surface area (TPSA) is 85.6 Å². The van der Waals surface area contributed by atoms with Crippen LogP contribution in [-0.4, -0.2) is 30.6 Å². The van der Waals surface area contributed by atoms with E-state index >= 15 is 0 Å². The van der Waals surface area contributed by atoms with Gasteiger partial charge in [0.05, 0.1) is 23.6 Å². The minimum Gasteiger partial charge on any atom is -0.320 e. The molecule has 1 N–H and O–H groups in total. The highest BCUT2D eigenvalue weighted by molar-refractivity contribution is 6.04. The molecule has 0 aliphatic rings. The van der Waals surface area contributed by atoms with Gasteiger partial charge in [0.15, 0.2) is 11.6 Å². The van der Waals surface area contributed by atoms with Gasteiger partial charge < -0.3 is 5.32 Å². The molecule has 0 saturated carbocycles. The predicted molar refractivity (Wildman–Crippen MR) is 71.3 cm³/mol. The zero-order valence-electron chi connectivity index (χ0n) is 10.6. The molecule has 21 heavy (non-hydrogen) atoms. The molecule has 104 valence electrons. The number of anilines is 1. The summed E-state index contributed by atoms with van der Waals surface area (Å²) in [5.41, 5.74) is 0.366. The number of nitrogens with zero attached hydrogens (tertiary/aromatic N) is 5. The van der Waals surface area contributed by atoms with Crippen LogP contribution >= 0.6 is 0 Å². The van der Waals surface area contributed by atoms with Crippen LogP contribution in [0.2, 0.25) is 0 Å². The molecule has 8 heteroatoms. The van der Waals surface area contributed by atoms with E-state index in [9.17, 15) is 9.18 Å². The lowest BCUT2D eigenvalue weighted by molar-refractivity contribution is 0.102. The molecular weight excluding hydrogens is 275 g/mol. The molecule has 0 fully saturated rings. The first-order chi connectivity index (χ1) is 10.2. The first kappa shape index (κ1) is 12.9. The molecule has 7 nitrogen and oxygen atoms in total. The summed E-state index contributed by atoms with van der Waals surface area (Å²) in [6, 6.07) is 4.61. The summed E-state index contributed by atoms with van der Waals surface area (Å²) in [5, 5.41) is 6.49. The highest BCUT2D eigenvalue weighted by Gasteiger charge is 2.11. The Kier molecular flexibility index (Phi) is 3.34. The van der Waals surface area contributed by atoms with Crippen molar-refractivity contribution in [3.63, 3.8) is 0 Å². The third-order valence-corrected chi connectivity index (χ3v) is 2.68. The van der Waals surface area contributed by atoms with Crippen LogP contribution in [-0.2, 0) is 0 Å². The SMILES string of the molecule is O=C(Nc1ccc(-n2cncn2)nc1)c1ccncc1F. The maximum absolute atomic E-state index is 13.4. The van der Waals surface area contributed by atoms with Gasteiger partial charge in [-0.2, -0.15) is 5.10 Å². The number of hydrogen-bond acceptors (Lipinski definition) is 5. The van der Waals surface area contributed by atoms with E-state index in [1.165, 1.54) is 35.8 Å². The Bertz CT molecular complexity index is 757. The molecule has 3 heterocycles. The fourth-order valence-corrected chi connectivity index (χ4v) is 1.68. The number of aromatic nitrogens is 5. The summed E-state index contributed by atoms with van der Waals surface area (Å²) in [7, 11) is 0. The predicted octanol–water partition coefficient (Wildman–Crippen LogP) is 1.45. The number of hydrogen-bond donors (Lipinski definition) is 1. The van der Waals surface area contributed by atoms with Crippen LogP contribution in [0.3, 0.4) is 0 Å². The molecule has 0 spiro atoms. The van der Waals surface area contributed by atoms with Crippen molar-refractivity contribution in [2.45, 2.75) is 0 Å². The van der Waals surface area contributed by atoms with E-state index in [0.29, 0.717) is 11.5 Å². The Balaban J connectivity index is 1.77. The van der Waals surface area contributed by atoms with Gasteiger partial charge in [-0.05, 0) is 18.2 Å². The largest absolute Gasteiger partial charge is 0.320 e. The van der Waals surface area contributed by atoms with Crippen molar-refractivity contribution in [1.82, 2.24) is 24.7 Å². The molecule has 3 aromatic heterocycles. The van der Waals surface area contributed by atoms with Crippen LogP contribution in [0.5, 0.6) is 0 Å². The Morgan fingerprint density at radius 3 is 2.76 bits per heavy atom. The zero-order chi connectivity index (χ0) is 14.7. The quantitative estimate of drug-likeness (QED) is 0.786. The third-order valence-electron chi connectivity index (χ3n) is 2.68. The normalized spacial score (nSPS) is 10.3. The Labute approximate surface area is 118 Å². The average molecular weight is 284 g/mol. The van der Waals surface area contributed by atoms with Crippen molar-refractivity contribution in [3.05, 3.63) is 60.8 Å². The van der Waals surface area contributed by atoms with Crippen molar-refractivity contribution >= 4 is 11.6 Å². The lowest BCUT2D eigenvalue weighted by Gasteiger charge is -2.06. The van der Waals surface area contributed by atoms with E-state index in [2.05, 4.69) is 25.4 Å². The molecule has 0 saturated heterocycles. The molecule has 0 bridgehead atoms. The van der Waals surface area contributed by atoms with Gasteiger partial charge >= 0.3 is 0 Å². The molecule has 0 atom stereocenters. The standard InChI is InChI=1S/C13H9FN6O/c14-11-6-15-4-3-10(11)13(21)19-9-1-2-12(17-5-9)20-8-16-7-18-20/h1-8H,(H,19,21). The van der Waals surface area contributed by atoms with Gasteiger partial charge in [-0.1, -0.05) is 0 Å². The van der Waals surface area contributed by atoms with Crippen LogP contribution in [0.1, 0.15) is 10.4 Å². The molecule has 3 rings (SSSR count).